The number of benzene rings is 1. The van der Waals surface area contributed by atoms with Crippen molar-refractivity contribution in [3.05, 3.63) is 60.3 Å². The SMILES string of the molecule is CCNC(=NCc1ncc(-c2ccccc2)[nH]1)N1CCOC(c2cnn(C)c2)C1.I. The van der Waals surface area contributed by atoms with Crippen LogP contribution in [0.25, 0.3) is 11.3 Å². The van der Waals surface area contributed by atoms with E-state index < -0.39 is 0 Å². The molecule has 1 aliphatic heterocycles. The Bertz CT molecular complexity index is 953. The van der Waals surface area contributed by atoms with E-state index in [2.05, 4.69) is 44.3 Å². The average Bonchev–Trinajstić information content (AvgIpc) is 3.41. The first kappa shape index (κ1) is 22.3. The van der Waals surface area contributed by atoms with Gasteiger partial charge < -0.3 is 19.9 Å². The highest BCUT2D eigenvalue weighted by Gasteiger charge is 2.25. The molecule has 0 radical (unpaired) electrons. The molecule has 1 aliphatic rings. The highest BCUT2D eigenvalue weighted by Crippen LogP contribution is 2.22. The smallest absolute Gasteiger partial charge is 0.194 e. The first-order chi connectivity index (χ1) is 14.2. The molecule has 4 rings (SSSR count). The summed E-state index contributed by atoms with van der Waals surface area (Å²) in [4.78, 5) is 14.9. The van der Waals surface area contributed by atoms with Crippen molar-refractivity contribution in [3.8, 4) is 11.3 Å². The molecule has 0 spiro atoms. The fraction of sp³-hybridized carbons (Fsp3) is 0.381. The molecule has 2 aromatic heterocycles. The molecule has 1 unspecified atom stereocenters. The van der Waals surface area contributed by atoms with E-state index in [4.69, 9.17) is 9.73 Å². The van der Waals surface area contributed by atoms with Gasteiger partial charge in [0.1, 0.15) is 18.5 Å². The lowest BCUT2D eigenvalue weighted by Gasteiger charge is -2.34. The molecule has 8 nitrogen and oxygen atoms in total. The van der Waals surface area contributed by atoms with E-state index >= 15 is 0 Å². The fourth-order valence-corrected chi connectivity index (χ4v) is 3.43. The number of aryl methyl sites for hydroxylation is 1. The zero-order valence-corrected chi connectivity index (χ0v) is 19.6. The molecular weight excluding hydrogens is 493 g/mol. The Morgan fingerprint density at radius 3 is 2.87 bits per heavy atom. The summed E-state index contributed by atoms with van der Waals surface area (Å²) in [6, 6.07) is 10.2. The molecule has 3 heterocycles. The molecule has 1 aromatic carbocycles. The first-order valence-corrected chi connectivity index (χ1v) is 9.95. The number of hydrogen-bond acceptors (Lipinski definition) is 4. The van der Waals surface area contributed by atoms with E-state index in [1.165, 1.54) is 0 Å². The van der Waals surface area contributed by atoms with Crippen LogP contribution in [0.3, 0.4) is 0 Å². The van der Waals surface area contributed by atoms with Crippen LogP contribution in [0, 0.1) is 0 Å². The highest BCUT2D eigenvalue weighted by molar-refractivity contribution is 14.0. The summed E-state index contributed by atoms with van der Waals surface area (Å²) < 4.78 is 7.76. The summed E-state index contributed by atoms with van der Waals surface area (Å²) in [5, 5.41) is 7.66. The zero-order chi connectivity index (χ0) is 20.1. The van der Waals surface area contributed by atoms with E-state index in [-0.39, 0.29) is 30.1 Å². The van der Waals surface area contributed by atoms with Crippen molar-refractivity contribution in [2.24, 2.45) is 12.0 Å². The minimum Gasteiger partial charge on any atom is -0.370 e. The van der Waals surface area contributed by atoms with E-state index in [0.717, 1.165) is 48.2 Å². The lowest BCUT2D eigenvalue weighted by molar-refractivity contribution is -0.00805. The third-order valence-corrected chi connectivity index (χ3v) is 4.89. The molecular formula is C21H28IN7O. The molecule has 0 aliphatic carbocycles. The predicted molar refractivity (Wildman–Crippen MR) is 128 cm³/mol. The Labute approximate surface area is 193 Å². The summed E-state index contributed by atoms with van der Waals surface area (Å²) in [7, 11) is 1.92. The largest absolute Gasteiger partial charge is 0.370 e. The number of hydrogen-bond donors (Lipinski definition) is 2. The van der Waals surface area contributed by atoms with Crippen molar-refractivity contribution in [2.75, 3.05) is 26.2 Å². The lowest BCUT2D eigenvalue weighted by atomic mass is 10.1. The number of rotatable bonds is 5. The Balaban J connectivity index is 0.00000256. The maximum Gasteiger partial charge on any atom is 0.194 e. The van der Waals surface area contributed by atoms with Crippen LogP contribution in [-0.2, 0) is 18.3 Å². The van der Waals surface area contributed by atoms with Crippen LogP contribution >= 0.6 is 24.0 Å². The maximum atomic E-state index is 5.95. The number of nitrogens with one attached hydrogen (secondary N) is 2. The molecule has 0 amide bonds. The van der Waals surface area contributed by atoms with Gasteiger partial charge in [0.15, 0.2) is 5.96 Å². The van der Waals surface area contributed by atoms with Gasteiger partial charge in [0.25, 0.3) is 0 Å². The molecule has 1 atom stereocenters. The van der Waals surface area contributed by atoms with Crippen LogP contribution in [0.4, 0.5) is 0 Å². The topological polar surface area (TPSA) is 83.4 Å². The van der Waals surface area contributed by atoms with E-state index in [0.29, 0.717) is 13.2 Å². The Kier molecular flexibility index (Phi) is 7.86. The fourth-order valence-electron chi connectivity index (χ4n) is 3.43. The van der Waals surface area contributed by atoms with Gasteiger partial charge in [-0.25, -0.2) is 9.98 Å². The predicted octanol–water partition coefficient (Wildman–Crippen LogP) is 2.97. The number of aromatic nitrogens is 4. The zero-order valence-electron chi connectivity index (χ0n) is 17.3. The van der Waals surface area contributed by atoms with Crippen molar-refractivity contribution in [1.82, 2.24) is 30.0 Å². The number of guanidine groups is 1. The van der Waals surface area contributed by atoms with E-state index in [9.17, 15) is 0 Å². The number of morpholine rings is 1. The molecule has 2 N–H and O–H groups in total. The van der Waals surface area contributed by atoms with E-state index in [1.54, 1.807) is 4.68 Å². The van der Waals surface area contributed by atoms with Crippen molar-refractivity contribution in [3.63, 3.8) is 0 Å². The van der Waals surface area contributed by atoms with Crippen molar-refractivity contribution < 1.29 is 4.74 Å². The van der Waals surface area contributed by atoms with Gasteiger partial charge in [-0.1, -0.05) is 30.3 Å². The van der Waals surface area contributed by atoms with Gasteiger partial charge in [-0.15, -0.1) is 24.0 Å². The standard InChI is InChI=1S/C21H27N7O.HI/c1-3-22-21(28-9-10-29-19(15-28)17-11-25-27(2)14-17)24-13-20-23-12-18(26-20)16-7-5-4-6-8-16;/h4-8,11-12,14,19H,3,9-10,13,15H2,1-2H3,(H,22,24)(H,23,26);1H. The van der Waals surface area contributed by atoms with Gasteiger partial charge in [0.2, 0.25) is 0 Å². The van der Waals surface area contributed by atoms with Gasteiger partial charge >= 0.3 is 0 Å². The summed E-state index contributed by atoms with van der Waals surface area (Å²) in [6.07, 6.45) is 5.73. The van der Waals surface area contributed by atoms with Gasteiger partial charge in [-0.2, -0.15) is 5.10 Å². The van der Waals surface area contributed by atoms with Gasteiger partial charge in [0.05, 0.1) is 31.2 Å². The van der Waals surface area contributed by atoms with E-state index in [1.807, 2.05) is 43.8 Å². The van der Waals surface area contributed by atoms with Crippen LogP contribution < -0.4 is 5.32 Å². The Morgan fingerprint density at radius 1 is 1.30 bits per heavy atom. The molecule has 1 fully saturated rings. The third kappa shape index (κ3) is 5.39. The second-order valence-electron chi connectivity index (χ2n) is 7.03. The number of imidazole rings is 1. The molecule has 160 valence electrons. The molecule has 0 saturated carbocycles. The normalized spacial score (nSPS) is 16.9. The van der Waals surface area contributed by atoms with Crippen LogP contribution in [-0.4, -0.2) is 56.8 Å². The van der Waals surface area contributed by atoms with Crippen molar-refractivity contribution in [1.29, 1.82) is 0 Å². The van der Waals surface area contributed by atoms with Crippen LogP contribution in [0.5, 0.6) is 0 Å². The number of aromatic amines is 1. The summed E-state index contributed by atoms with van der Waals surface area (Å²) in [5.74, 6) is 1.72. The number of H-pyrrole nitrogens is 1. The second-order valence-corrected chi connectivity index (χ2v) is 7.03. The number of aliphatic imine (C=N–C) groups is 1. The number of ether oxygens (including phenoxy) is 1. The molecule has 3 aromatic rings. The van der Waals surface area contributed by atoms with Gasteiger partial charge in [-0.3, -0.25) is 4.68 Å². The first-order valence-electron chi connectivity index (χ1n) is 9.95. The molecule has 9 heteroatoms. The van der Waals surface area contributed by atoms with Crippen molar-refractivity contribution in [2.45, 2.75) is 19.6 Å². The Morgan fingerprint density at radius 2 is 2.13 bits per heavy atom. The third-order valence-electron chi connectivity index (χ3n) is 4.89. The quantitative estimate of drug-likeness (QED) is 0.307. The summed E-state index contributed by atoms with van der Waals surface area (Å²) in [6.45, 7) is 5.57. The number of halogens is 1. The summed E-state index contributed by atoms with van der Waals surface area (Å²) in [5.41, 5.74) is 3.21. The second kappa shape index (κ2) is 10.6. The van der Waals surface area contributed by atoms with Crippen LogP contribution in [0.15, 0.2) is 53.9 Å². The monoisotopic (exact) mass is 521 g/mol. The molecule has 1 saturated heterocycles. The van der Waals surface area contributed by atoms with Crippen LogP contribution in [0.1, 0.15) is 24.4 Å². The van der Waals surface area contributed by atoms with Crippen LogP contribution in [0.2, 0.25) is 0 Å². The maximum absolute atomic E-state index is 5.95. The summed E-state index contributed by atoms with van der Waals surface area (Å²) >= 11 is 0. The molecule has 30 heavy (non-hydrogen) atoms. The van der Waals surface area contributed by atoms with Gasteiger partial charge in [-0.05, 0) is 12.5 Å². The van der Waals surface area contributed by atoms with Crippen molar-refractivity contribution >= 4 is 29.9 Å². The number of nitrogens with zero attached hydrogens (tertiary/aromatic N) is 5. The minimum atomic E-state index is -0.00500. The highest BCUT2D eigenvalue weighted by atomic mass is 127. The Hall–Kier alpha value is -2.40. The minimum absolute atomic E-state index is 0. The average molecular weight is 521 g/mol. The molecule has 0 bridgehead atoms. The van der Waals surface area contributed by atoms with Gasteiger partial charge in [0, 0.05) is 31.9 Å². The lowest BCUT2D eigenvalue weighted by Crippen LogP contribution is -2.48.